The lowest BCUT2D eigenvalue weighted by atomic mass is 10.1. The van der Waals surface area contributed by atoms with Crippen LogP contribution in [0.15, 0.2) is 36.4 Å². The van der Waals surface area contributed by atoms with E-state index in [1.807, 2.05) is 6.07 Å². The molecule has 0 saturated heterocycles. The molecule has 2 aromatic rings. The van der Waals surface area contributed by atoms with Gasteiger partial charge in [0.1, 0.15) is 6.04 Å². The van der Waals surface area contributed by atoms with Crippen molar-refractivity contribution in [3.8, 4) is 0 Å². The first-order chi connectivity index (χ1) is 10.9. The SMILES string of the molecule is CC(=O)c1cc([N+](=O)[O-])c(N[C@@H](Cc2ccccc2)C(=O)O)s1. The van der Waals surface area contributed by atoms with E-state index in [0.717, 1.165) is 23.0 Å². The van der Waals surface area contributed by atoms with Gasteiger partial charge in [-0.05, 0) is 12.5 Å². The van der Waals surface area contributed by atoms with Crippen LogP contribution in [0.3, 0.4) is 0 Å². The third-order valence-corrected chi connectivity index (χ3v) is 4.30. The molecule has 1 heterocycles. The second-order valence-electron chi connectivity index (χ2n) is 4.86. The molecule has 0 aliphatic rings. The Morgan fingerprint density at radius 1 is 1.35 bits per heavy atom. The first-order valence-corrected chi connectivity index (χ1v) is 7.52. The molecule has 1 aromatic carbocycles. The molecule has 0 saturated carbocycles. The summed E-state index contributed by atoms with van der Waals surface area (Å²) in [7, 11) is 0. The van der Waals surface area contributed by atoms with Gasteiger partial charge < -0.3 is 10.4 Å². The molecule has 120 valence electrons. The molecule has 0 radical (unpaired) electrons. The van der Waals surface area contributed by atoms with Gasteiger partial charge in [0.25, 0.3) is 0 Å². The molecular weight excluding hydrogens is 320 g/mol. The first kappa shape index (κ1) is 16.6. The standard InChI is InChI=1S/C15H14N2O5S/c1-9(18)13-8-12(17(21)22)14(23-13)16-11(15(19)20)7-10-5-3-2-4-6-10/h2-6,8,11,16H,7H2,1H3,(H,19,20)/t11-/m0/s1. The normalized spacial score (nSPS) is 11.7. The number of carboxylic acids is 1. The lowest BCUT2D eigenvalue weighted by Crippen LogP contribution is -2.31. The largest absolute Gasteiger partial charge is 0.480 e. The fraction of sp³-hybridized carbons (Fsp3) is 0.200. The molecule has 0 amide bonds. The van der Waals surface area contributed by atoms with Crippen LogP contribution in [0.25, 0.3) is 0 Å². The molecule has 2 N–H and O–H groups in total. The first-order valence-electron chi connectivity index (χ1n) is 6.71. The predicted molar refractivity (Wildman–Crippen MR) is 86.2 cm³/mol. The number of rotatable bonds is 7. The van der Waals surface area contributed by atoms with Gasteiger partial charge in [0.2, 0.25) is 0 Å². The third kappa shape index (κ3) is 4.13. The van der Waals surface area contributed by atoms with Crippen molar-refractivity contribution >= 4 is 33.8 Å². The van der Waals surface area contributed by atoms with Crippen molar-refractivity contribution in [3.63, 3.8) is 0 Å². The van der Waals surface area contributed by atoms with Crippen LogP contribution in [0.1, 0.15) is 22.2 Å². The number of hydrogen-bond acceptors (Lipinski definition) is 6. The summed E-state index contributed by atoms with van der Waals surface area (Å²) in [4.78, 5) is 33.5. The molecule has 8 heteroatoms. The number of benzene rings is 1. The monoisotopic (exact) mass is 334 g/mol. The van der Waals surface area contributed by atoms with Crippen molar-refractivity contribution < 1.29 is 19.6 Å². The van der Waals surface area contributed by atoms with Crippen LogP contribution >= 0.6 is 11.3 Å². The molecule has 0 spiro atoms. The number of ketones is 1. The van der Waals surface area contributed by atoms with Gasteiger partial charge in [-0.1, -0.05) is 30.3 Å². The zero-order valence-corrected chi connectivity index (χ0v) is 13.0. The molecule has 7 nitrogen and oxygen atoms in total. The van der Waals surface area contributed by atoms with Crippen LogP contribution < -0.4 is 5.32 Å². The van der Waals surface area contributed by atoms with Gasteiger partial charge >= 0.3 is 11.7 Å². The van der Waals surface area contributed by atoms with Gasteiger partial charge in [-0.3, -0.25) is 14.9 Å². The van der Waals surface area contributed by atoms with Crippen LogP contribution in [0.5, 0.6) is 0 Å². The maximum Gasteiger partial charge on any atom is 0.326 e. The van der Waals surface area contributed by atoms with Crippen LogP contribution in [0.2, 0.25) is 0 Å². The Hall–Kier alpha value is -2.74. The smallest absolute Gasteiger partial charge is 0.326 e. The number of carbonyl (C=O) groups excluding carboxylic acids is 1. The van der Waals surface area contributed by atoms with E-state index in [0.29, 0.717) is 0 Å². The van der Waals surface area contributed by atoms with Gasteiger partial charge in [-0.15, -0.1) is 11.3 Å². The molecule has 1 atom stereocenters. The van der Waals surface area contributed by atoms with Crippen LogP contribution in [0.4, 0.5) is 10.7 Å². The second kappa shape index (κ2) is 7.01. The number of carboxylic acid groups (broad SMARTS) is 1. The van der Waals surface area contributed by atoms with E-state index >= 15 is 0 Å². The summed E-state index contributed by atoms with van der Waals surface area (Å²) in [5.74, 6) is -1.43. The number of aliphatic carboxylic acids is 1. The highest BCUT2D eigenvalue weighted by molar-refractivity contribution is 7.18. The van der Waals surface area contributed by atoms with Crippen LogP contribution in [0, 0.1) is 10.1 Å². The summed E-state index contributed by atoms with van der Waals surface area (Å²) in [6.07, 6.45) is 0.167. The summed E-state index contributed by atoms with van der Waals surface area (Å²) in [5.41, 5.74) is 0.498. The fourth-order valence-electron chi connectivity index (χ4n) is 2.00. The highest BCUT2D eigenvalue weighted by Crippen LogP contribution is 2.35. The van der Waals surface area contributed by atoms with E-state index in [4.69, 9.17) is 0 Å². The molecule has 0 fully saturated rings. The van der Waals surface area contributed by atoms with Crippen molar-refractivity contribution in [2.24, 2.45) is 0 Å². The minimum absolute atomic E-state index is 0.0727. The maximum absolute atomic E-state index is 11.4. The Labute approximate surface area is 135 Å². The van der Waals surface area contributed by atoms with Crippen molar-refractivity contribution in [1.29, 1.82) is 0 Å². The van der Waals surface area contributed by atoms with Crippen molar-refractivity contribution in [1.82, 2.24) is 0 Å². The summed E-state index contributed by atoms with van der Waals surface area (Å²) < 4.78 is 0. The van der Waals surface area contributed by atoms with Gasteiger partial charge in [0.05, 0.1) is 9.80 Å². The van der Waals surface area contributed by atoms with Crippen LogP contribution in [-0.2, 0) is 11.2 Å². The summed E-state index contributed by atoms with van der Waals surface area (Å²) in [5, 5.41) is 23.2. The molecule has 0 unspecified atom stereocenters. The van der Waals surface area contributed by atoms with E-state index in [2.05, 4.69) is 5.32 Å². The number of Topliss-reactive ketones (excluding diaryl/α,β-unsaturated/α-hetero) is 1. The Morgan fingerprint density at radius 2 is 2.00 bits per heavy atom. The molecular formula is C15H14N2O5S. The van der Waals surface area contributed by atoms with Gasteiger partial charge in [0, 0.05) is 12.5 Å². The topological polar surface area (TPSA) is 110 Å². The number of nitrogens with zero attached hydrogens (tertiary/aromatic N) is 1. The third-order valence-electron chi connectivity index (χ3n) is 3.14. The molecule has 1 aromatic heterocycles. The minimum atomic E-state index is -1.12. The van der Waals surface area contributed by atoms with Crippen molar-refractivity contribution in [2.45, 2.75) is 19.4 Å². The average Bonchev–Trinajstić information content (AvgIpc) is 2.92. The zero-order chi connectivity index (χ0) is 17.0. The van der Waals surface area contributed by atoms with Crippen molar-refractivity contribution in [3.05, 3.63) is 57.0 Å². The minimum Gasteiger partial charge on any atom is -0.480 e. The van der Waals surface area contributed by atoms with Gasteiger partial charge in [-0.2, -0.15) is 0 Å². The summed E-state index contributed by atoms with van der Waals surface area (Å²) >= 11 is 0.887. The number of carbonyl (C=O) groups is 2. The quantitative estimate of drug-likeness (QED) is 0.457. The average molecular weight is 334 g/mol. The number of nitro groups is 1. The van der Waals surface area contributed by atoms with E-state index in [-0.39, 0.29) is 27.8 Å². The van der Waals surface area contributed by atoms with Gasteiger partial charge in [0.15, 0.2) is 10.8 Å². The fourth-order valence-corrected chi connectivity index (χ4v) is 2.98. The number of hydrogen-bond donors (Lipinski definition) is 2. The highest BCUT2D eigenvalue weighted by Gasteiger charge is 2.26. The van der Waals surface area contributed by atoms with E-state index in [1.54, 1.807) is 24.3 Å². The van der Waals surface area contributed by atoms with Crippen LogP contribution in [-0.4, -0.2) is 27.8 Å². The predicted octanol–water partition coefficient (Wildman–Crippen LogP) is 2.97. The lowest BCUT2D eigenvalue weighted by molar-refractivity contribution is -0.383. The molecule has 23 heavy (non-hydrogen) atoms. The highest BCUT2D eigenvalue weighted by atomic mass is 32.1. The number of nitrogens with one attached hydrogen (secondary N) is 1. The molecule has 0 aliphatic carbocycles. The molecule has 2 rings (SSSR count). The second-order valence-corrected chi connectivity index (χ2v) is 5.92. The lowest BCUT2D eigenvalue weighted by Gasteiger charge is -2.14. The Bertz CT molecular complexity index is 742. The molecule has 0 bridgehead atoms. The van der Waals surface area contributed by atoms with E-state index in [1.165, 1.54) is 6.92 Å². The summed E-state index contributed by atoms with van der Waals surface area (Å²) in [6, 6.07) is 9.08. The maximum atomic E-state index is 11.4. The summed E-state index contributed by atoms with van der Waals surface area (Å²) in [6.45, 7) is 1.30. The van der Waals surface area contributed by atoms with Gasteiger partial charge in [-0.25, -0.2) is 4.79 Å². The molecule has 0 aliphatic heterocycles. The number of thiophene rings is 1. The van der Waals surface area contributed by atoms with Crippen molar-refractivity contribution in [2.75, 3.05) is 5.32 Å². The van der Waals surface area contributed by atoms with E-state index in [9.17, 15) is 24.8 Å². The Morgan fingerprint density at radius 3 is 2.52 bits per heavy atom. The zero-order valence-electron chi connectivity index (χ0n) is 12.2. The number of anilines is 1. The van der Waals surface area contributed by atoms with E-state index < -0.39 is 16.9 Å². The Balaban J connectivity index is 2.28. The Kier molecular flexibility index (Phi) is 5.07.